The van der Waals surface area contributed by atoms with Crippen molar-refractivity contribution in [3.63, 3.8) is 0 Å². The molecule has 1 aromatic carbocycles. The molecule has 1 fully saturated rings. The molecule has 1 N–H and O–H groups in total. The second-order valence-electron chi connectivity index (χ2n) is 4.89. The van der Waals surface area contributed by atoms with Gasteiger partial charge >= 0.3 is 0 Å². The van der Waals surface area contributed by atoms with E-state index in [4.69, 9.17) is 0 Å². The van der Waals surface area contributed by atoms with Gasteiger partial charge in [0.1, 0.15) is 0 Å². The van der Waals surface area contributed by atoms with Crippen molar-refractivity contribution in [3.8, 4) is 0 Å². The van der Waals surface area contributed by atoms with Gasteiger partial charge in [-0.25, -0.2) is 0 Å². The van der Waals surface area contributed by atoms with Gasteiger partial charge in [0, 0.05) is 22.7 Å². The van der Waals surface area contributed by atoms with Crippen LogP contribution < -0.4 is 5.32 Å². The van der Waals surface area contributed by atoms with Crippen LogP contribution >= 0.6 is 22.6 Å². The number of hydrogen-bond donors (Lipinski definition) is 1. The van der Waals surface area contributed by atoms with E-state index < -0.39 is 0 Å². The minimum absolute atomic E-state index is 0.130. The van der Waals surface area contributed by atoms with Gasteiger partial charge in [-0.2, -0.15) is 0 Å². The lowest BCUT2D eigenvalue weighted by atomic mass is 9.97. The van der Waals surface area contributed by atoms with E-state index in [-0.39, 0.29) is 5.91 Å². The first-order chi connectivity index (χ1) is 8.66. The molecule has 0 aromatic heterocycles. The van der Waals surface area contributed by atoms with Gasteiger partial charge in [-0.1, -0.05) is 0 Å². The molecular weight excluding hydrogens is 339 g/mol. The first kappa shape index (κ1) is 13.8. The van der Waals surface area contributed by atoms with Crippen LogP contribution in [0.25, 0.3) is 0 Å². The Hall–Kier alpha value is -0.620. The summed E-state index contributed by atoms with van der Waals surface area (Å²) >= 11 is 2.25. The molecule has 0 saturated carbocycles. The minimum Gasteiger partial charge on any atom is -0.341 e. The molecule has 1 aliphatic heterocycles. The number of rotatable bonds is 3. The second kappa shape index (κ2) is 6.52. The summed E-state index contributed by atoms with van der Waals surface area (Å²) in [4.78, 5) is 14.1. The average Bonchev–Trinajstić information content (AvgIpc) is 2.40. The predicted octanol–water partition coefficient (Wildman–Crippen LogP) is 2.36. The Morgan fingerprint density at radius 1 is 1.33 bits per heavy atom. The van der Waals surface area contributed by atoms with Crippen molar-refractivity contribution in [2.45, 2.75) is 12.8 Å². The van der Waals surface area contributed by atoms with E-state index in [1.807, 2.05) is 36.2 Å². The van der Waals surface area contributed by atoms with Gasteiger partial charge < -0.3 is 10.2 Å². The second-order valence-corrected chi connectivity index (χ2v) is 6.13. The SMILES string of the molecule is CN(CC1CCNCC1)C(=O)c1ccc(I)cc1. The molecular formula is C14H19IN2O. The maximum atomic E-state index is 12.2. The van der Waals surface area contributed by atoms with Crippen molar-refractivity contribution < 1.29 is 4.79 Å². The van der Waals surface area contributed by atoms with E-state index in [1.54, 1.807) is 0 Å². The minimum atomic E-state index is 0.130. The topological polar surface area (TPSA) is 32.3 Å². The predicted molar refractivity (Wildman–Crippen MR) is 81.7 cm³/mol. The monoisotopic (exact) mass is 358 g/mol. The van der Waals surface area contributed by atoms with Crippen molar-refractivity contribution in [1.82, 2.24) is 10.2 Å². The van der Waals surface area contributed by atoms with Crippen LogP contribution in [0.5, 0.6) is 0 Å². The molecule has 98 valence electrons. The molecule has 1 aromatic rings. The molecule has 18 heavy (non-hydrogen) atoms. The zero-order chi connectivity index (χ0) is 13.0. The Kier molecular flexibility index (Phi) is 5.00. The smallest absolute Gasteiger partial charge is 0.253 e. The van der Waals surface area contributed by atoms with Crippen LogP contribution in [0.15, 0.2) is 24.3 Å². The molecule has 2 rings (SSSR count). The van der Waals surface area contributed by atoms with Gasteiger partial charge in [0.05, 0.1) is 0 Å². The molecule has 0 unspecified atom stereocenters. The van der Waals surface area contributed by atoms with Gasteiger partial charge in [0.2, 0.25) is 0 Å². The summed E-state index contributed by atoms with van der Waals surface area (Å²) in [6.07, 6.45) is 2.34. The first-order valence-electron chi connectivity index (χ1n) is 6.38. The Morgan fingerprint density at radius 2 is 1.94 bits per heavy atom. The number of amides is 1. The summed E-state index contributed by atoms with van der Waals surface area (Å²) in [5.41, 5.74) is 0.784. The third-order valence-electron chi connectivity index (χ3n) is 3.43. The Bertz CT molecular complexity index is 399. The van der Waals surface area contributed by atoms with E-state index >= 15 is 0 Å². The highest BCUT2D eigenvalue weighted by molar-refractivity contribution is 14.1. The lowest BCUT2D eigenvalue weighted by molar-refractivity contribution is 0.0763. The highest BCUT2D eigenvalue weighted by atomic mass is 127. The van der Waals surface area contributed by atoms with E-state index in [0.29, 0.717) is 5.92 Å². The third kappa shape index (κ3) is 3.68. The van der Waals surface area contributed by atoms with Crippen LogP contribution in [0.2, 0.25) is 0 Å². The van der Waals surface area contributed by atoms with Gasteiger partial charge in [-0.15, -0.1) is 0 Å². The molecule has 0 atom stereocenters. The fourth-order valence-electron chi connectivity index (χ4n) is 2.35. The molecule has 3 nitrogen and oxygen atoms in total. The van der Waals surface area contributed by atoms with Crippen molar-refractivity contribution in [2.75, 3.05) is 26.7 Å². The molecule has 0 spiro atoms. The fraction of sp³-hybridized carbons (Fsp3) is 0.500. The van der Waals surface area contributed by atoms with Crippen LogP contribution in [0.3, 0.4) is 0 Å². The maximum absolute atomic E-state index is 12.2. The fourth-order valence-corrected chi connectivity index (χ4v) is 2.71. The number of hydrogen-bond acceptors (Lipinski definition) is 2. The van der Waals surface area contributed by atoms with E-state index in [9.17, 15) is 4.79 Å². The standard InChI is InChI=1S/C14H19IN2O/c1-17(10-11-6-8-16-9-7-11)14(18)12-2-4-13(15)5-3-12/h2-5,11,16H,6-10H2,1H3. The zero-order valence-corrected chi connectivity index (χ0v) is 12.8. The Morgan fingerprint density at radius 3 is 2.56 bits per heavy atom. The summed E-state index contributed by atoms with van der Waals surface area (Å²) in [5, 5.41) is 3.35. The molecule has 1 aliphatic rings. The number of carbonyl (C=O) groups excluding carboxylic acids is 1. The van der Waals surface area contributed by atoms with Crippen LogP contribution in [0, 0.1) is 9.49 Å². The quantitative estimate of drug-likeness (QED) is 0.842. The van der Waals surface area contributed by atoms with Crippen LogP contribution in [0.1, 0.15) is 23.2 Å². The summed E-state index contributed by atoms with van der Waals surface area (Å²) < 4.78 is 1.16. The normalized spacial score (nSPS) is 16.6. The van der Waals surface area contributed by atoms with Crippen molar-refractivity contribution in [2.24, 2.45) is 5.92 Å². The molecule has 1 saturated heterocycles. The highest BCUT2D eigenvalue weighted by Crippen LogP contribution is 2.15. The molecule has 0 bridgehead atoms. The average molecular weight is 358 g/mol. The van der Waals surface area contributed by atoms with Crippen LogP contribution in [0.4, 0.5) is 0 Å². The van der Waals surface area contributed by atoms with Gasteiger partial charge in [0.25, 0.3) is 5.91 Å². The van der Waals surface area contributed by atoms with Crippen LogP contribution in [-0.2, 0) is 0 Å². The van der Waals surface area contributed by atoms with Crippen LogP contribution in [-0.4, -0.2) is 37.5 Å². The Labute approximate surface area is 122 Å². The van der Waals surface area contributed by atoms with Crippen molar-refractivity contribution in [3.05, 3.63) is 33.4 Å². The van der Waals surface area contributed by atoms with E-state index in [2.05, 4.69) is 27.9 Å². The first-order valence-corrected chi connectivity index (χ1v) is 7.46. The van der Waals surface area contributed by atoms with Gasteiger partial charge in [0.15, 0.2) is 0 Å². The summed E-state index contributed by atoms with van der Waals surface area (Å²) in [6, 6.07) is 7.77. The number of benzene rings is 1. The summed E-state index contributed by atoms with van der Waals surface area (Å²) in [6.45, 7) is 3.03. The number of piperidine rings is 1. The zero-order valence-electron chi connectivity index (χ0n) is 10.7. The highest BCUT2D eigenvalue weighted by Gasteiger charge is 2.18. The number of nitrogens with one attached hydrogen (secondary N) is 1. The Balaban J connectivity index is 1.93. The molecule has 4 heteroatoms. The van der Waals surface area contributed by atoms with E-state index in [1.165, 1.54) is 12.8 Å². The number of halogens is 1. The van der Waals surface area contributed by atoms with Gasteiger partial charge in [-0.05, 0) is 78.7 Å². The largest absolute Gasteiger partial charge is 0.341 e. The molecule has 0 aliphatic carbocycles. The molecule has 0 radical (unpaired) electrons. The van der Waals surface area contributed by atoms with Crippen molar-refractivity contribution >= 4 is 28.5 Å². The molecule has 1 amide bonds. The summed E-state index contributed by atoms with van der Waals surface area (Å²) in [7, 11) is 1.91. The third-order valence-corrected chi connectivity index (χ3v) is 4.15. The lowest BCUT2D eigenvalue weighted by Gasteiger charge is -2.27. The molecule has 1 heterocycles. The van der Waals surface area contributed by atoms with Crippen molar-refractivity contribution in [1.29, 1.82) is 0 Å². The van der Waals surface area contributed by atoms with E-state index in [0.717, 1.165) is 28.8 Å². The van der Waals surface area contributed by atoms with Gasteiger partial charge in [-0.3, -0.25) is 4.79 Å². The number of carbonyl (C=O) groups is 1. The number of nitrogens with zero attached hydrogens (tertiary/aromatic N) is 1. The maximum Gasteiger partial charge on any atom is 0.253 e. The summed E-state index contributed by atoms with van der Waals surface area (Å²) in [5.74, 6) is 0.772. The lowest BCUT2D eigenvalue weighted by Crippen LogP contribution is -2.37.